The number of likely N-dealkylation sites (tertiary alicyclic amines) is 1. The highest BCUT2D eigenvalue weighted by Crippen LogP contribution is 2.47. The van der Waals surface area contributed by atoms with E-state index in [1.165, 1.54) is 7.11 Å². The van der Waals surface area contributed by atoms with Crippen molar-refractivity contribution >= 4 is 11.9 Å². The van der Waals surface area contributed by atoms with Crippen LogP contribution >= 0.6 is 0 Å². The molecule has 2 aliphatic heterocycles. The molecule has 0 N–H and O–H groups in total. The van der Waals surface area contributed by atoms with Gasteiger partial charge < -0.3 is 19.0 Å². The van der Waals surface area contributed by atoms with Crippen LogP contribution in [0.5, 0.6) is 0 Å². The van der Waals surface area contributed by atoms with Crippen LogP contribution in [0.1, 0.15) is 27.6 Å². The van der Waals surface area contributed by atoms with Crippen molar-refractivity contribution in [3.8, 4) is 0 Å². The molecule has 4 rings (SSSR count). The Bertz CT molecular complexity index is 816. The van der Waals surface area contributed by atoms with Crippen LogP contribution in [-0.2, 0) is 16.1 Å². The number of likely N-dealkylation sites (N-methyl/N-ethyl adjacent to an activating group) is 1. The third kappa shape index (κ3) is 2.21. The number of carbonyl (C=O) groups is 2. The Labute approximate surface area is 146 Å². The summed E-state index contributed by atoms with van der Waals surface area (Å²) in [7, 11) is 3.31. The van der Waals surface area contributed by atoms with E-state index in [2.05, 4.69) is 0 Å². The number of nitrogens with zero attached hydrogens (tertiary/aromatic N) is 2. The van der Waals surface area contributed by atoms with Gasteiger partial charge >= 0.3 is 5.97 Å². The fraction of sp³-hybridized carbons (Fsp3) is 0.368. The third-order valence-electron chi connectivity index (χ3n) is 5.29. The van der Waals surface area contributed by atoms with Gasteiger partial charge in [-0.1, -0.05) is 18.2 Å². The highest BCUT2D eigenvalue weighted by Gasteiger charge is 2.62. The van der Waals surface area contributed by atoms with E-state index in [-0.39, 0.29) is 11.8 Å². The average Bonchev–Trinajstić information content (AvgIpc) is 3.24. The molecule has 130 valence electrons. The number of fused-ring (bicyclic) bond motifs is 3. The molecule has 6 heteroatoms. The lowest BCUT2D eigenvalue weighted by Gasteiger charge is -2.45. The molecule has 0 aliphatic carbocycles. The van der Waals surface area contributed by atoms with Gasteiger partial charge in [-0.25, -0.2) is 4.79 Å². The minimum Gasteiger partial charge on any atom is -0.469 e. The first-order valence-corrected chi connectivity index (χ1v) is 8.28. The summed E-state index contributed by atoms with van der Waals surface area (Å²) in [5.74, 6) is -0.0189. The molecule has 1 aromatic heterocycles. The van der Waals surface area contributed by atoms with Crippen LogP contribution in [0, 0.1) is 0 Å². The van der Waals surface area contributed by atoms with Crippen molar-refractivity contribution in [1.82, 2.24) is 9.80 Å². The van der Waals surface area contributed by atoms with E-state index >= 15 is 0 Å². The van der Waals surface area contributed by atoms with Gasteiger partial charge in [0.05, 0.1) is 25.8 Å². The molecule has 1 amide bonds. The summed E-state index contributed by atoms with van der Waals surface area (Å²) in [6, 6.07) is 10.9. The normalized spacial score (nSPS) is 25.4. The summed E-state index contributed by atoms with van der Waals surface area (Å²) >= 11 is 0. The number of furan rings is 1. The number of ether oxygens (including phenoxy) is 1. The number of carbonyl (C=O) groups excluding carboxylic acids is 2. The molecule has 0 unspecified atom stereocenters. The van der Waals surface area contributed by atoms with Crippen LogP contribution in [0.3, 0.4) is 0 Å². The Morgan fingerprint density at radius 3 is 2.72 bits per heavy atom. The van der Waals surface area contributed by atoms with Crippen LogP contribution in [0.2, 0.25) is 0 Å². The molecule has 1 fully saturated rings. The largest absolute Gasteiger partial charge is 0.469 e. The van der Waals surface area contributed by atoms with Crippen molar-refractivity contribution < 1.29 is 18.7 Å². The average molecular weight is 340 g/mol. The molecule has 25 heavy (non-hydrogen) atoms. The molecule has 3 heterocycles. The number of methoxy groups -OCH3 is 1. The number of hydrogen-bond donors (Lipinski definition) is 0. The minimum atomic E-state index is -1.07. The molecular formula is C19H20N2O4. The summed E-state index contributed by atoms with van der Waals surface area (Å²) in [6.45, 7) is 1.39. The first kappa shape index (κ1) is 15.9. The van der Waals surface area contributed by atoms with Crippen LogP contribution < -0.4 is 0 Å². The maximum atomic E-state index is 13.3. The van der Waals surface area contributed by atoms with Crippen molar-refractivity contribution in [2.45, 2.75) is 18.0 Å². The predicted molar refractivity (Wildman–Crippen MR) is 90.0 cm³/mol. The highest BCUT2D eigenvalue weighted by molar-refractivity contribution is 5.99. The Kier molecular flexibility index (Phi) is 3.65. The maximum Gasteiger partial charge on any atom is 0.333 e. The van der Waals surface area contributed by atoms with Gasteiger partial charge in [0, 0.05) is 24.2 Å². The lowest BCUT2D eigenvalue weighted by molar-refractivity contribution is -0.155. The van der Waals surface area contributed by atoms with Gasteiger partial charge in [0.25, 0.3) is 5.91 Å². The van der Waals surface area contributed by atoms with Gasteiger partial charge in [-0.15, -0.1) is 0 Å². The molecule has 0 spiro atoms. The molecule has 0 saturated carbocycles. The van der Waals surface area contributed by atoms with E-state index in [0.29, 0.717) is 25.2 Å². The van der Waals surface area contributed by atoms with E-state index in [1.807, 2.05) is 36.2 Å². The molecule has 2 aliphatic rings. The molecule has 1 aromatic carbocycles. The number of esters is 1. The Hall–Kier alpha value is -2.60. The zero-order chi connectivity index (χ0) is 17.6. The van der Waals surface area contributed by atoms with E-state index in [4.69, 9.17) is 9.15 Å². The summed E-state index contributed by atoms with van der Waals surface area (Å²) in [6.07, 6.45) is 1.63. The standard InChI is InChI=1S/C19H20N2O4/c1-20-11-15-16-14(8-9-25-16)10-21(19(15,12-20)18(23)24-2)17(22)13-6-4-3-5-7-13/h3-9,15H,10-12H2,1-2H3/t15-,19-/m1/s1. The SMILES string of the molecule is COC(=O)[C@@]12CN(C)C[C@@H]1c1occc1CN2C(=O)c1ccccc1. The predicted octanol–water partition coefficient (Wildman–Crippen LogP) is 1.88. The zero-order valence-electron chi connectivity index (χ0n) is 14.3. The van der Waals surface area contributed by atoms with Crippen molar-refractivity contribution in [3.63, 3.8) is 0 Å². The lowest BCUT2D eigenvalue weighted by atomic mass is 9.78. The van der Waals surface area contributed by atoms with Crippen molar-refractivity contribution in [1.29, 1.82) is 0 Å². The van der Waals surface area contributed by atoms with Crippen molar-refractivity contribution in [2.75, 3.05) is 27.2 Å². The maximum absolute atomic E-state index is 13.3. The highest BCUT2D eigenvalue weighted by atomic mass is 16.5. The van der Waals surface area contributed by atoms with Gasteiger partial charge in [0.15, 0.2) is 5.54 Å². The second kappa shape index (κ2) is 5.74. The third-order valence-corrected chi connectivity index (χ3v) is 5.29. The van der Waals surface area contributed by atoms with Crippen LogP contribution in [-0.4, -0.2) is 54.5 Å². The van der Waals surface area contributed by atoms with E-state index in [0.717, 1.165) is 11.3 Å². The van der Waals surface area contributed by atoms with Crippen molar-refractivity contribution in [3.05, 3.63) is 59.5 Å². The summed E-state index contributed by atoms with van der Waals surface area (Å²) in [5, 5.41) is 0. The molecule has 0 radical (unpaired) electrons. The summed E-state index contributed by atoms with van der Waals surface area (Å²) in [5.41, 5.74) is 0.441. The Balaban J connectivity index is 1.87. The number of rotatable bonds is 2. The fourth-order valence-corrected chi connectivity index (χ4v) is 4.20. The summed E-state index contributed by atoms with van der Waals surface area (Å²) in [4.78, 5) is 29.9. The summed E-state index contributed by atoms with van der Waals surface area (Å²) < 4.78 is 10.8. The number of hydrogen-bond acceptors (Lipinski definition) is 5. The van der Waals surface area contributed by atoms with Gasteiger partial charge in [0.2, 0.25) is 0 Å². The van der Waals surface area contributed by atoms with Crippen LogP contribution in [0.4, 0.5) is 0 Å². The van der Waals surface area contributed by atoms with Gasteiger partial charge in [-0.3, -0.25) is 4.79 Å². The molecule has 6 nitrogen and oxygen atoms in total. The molecule has 0 bridgehead atoms. The minimum absolute atomic E-state index is 0.168. The fourth-order valence-electron chi connectivity index (χ4n) is 4.20. The first-order chi connectivity index (χ1) is 12.1. The van der Waals surface area contributed by atoms with E-state index in [1.54, 1.807) is 23.3 Å². The monoisotopic (exact) mass is 340 g/mol. The second-order valence-electron chi connectivity index (χ2n) is 6.73. The molecular weight excluding hydrogens is 320 g/mol. The van der Waals surface area contributed by atoms with E-state index in [9.17, 15) is 9.59 Å². The number of benzene rings is 1. The van der Waals surface area contributed by atoms with E-state index < -0.39 is 11.5 Å². The molecule has 2 atom stereocenters. The molecule has 2 aromatic rings. The van der Waals surface area contributed by atoms with Gasteiger partial charge in [-0.05, 0) is 25.2 Å². The van der Waals surface area contributed by atoms with Crippen molar-refractivity contribution in [2.24, 2.45) is 0 Å². The Morgan fingerprint density at radius 2 is 2.00 bits per heavy atom. The smallest absolute Gasteiger partial charge is 0.333 e. The quantitative estimate of drug-likeness (QED) is 0.781. The van der Waals surface area contributed by atoms with Crippen LogP contribution in [0.15, 0.2) is 47.1 Å². The van der Waals surface area contributed by atoms with Crippen LogP contribution in [0.25, 0.3) is 0 Å². The first-order valence-electron chi connectivity index (χ1n) is 8.28. The lowest BCUT2D eigenvalue weighted by Crippen LogP contribution is -2.63. The van der Waals surface area contributed by atoms with Gasteiger partial charge in [-0.2, -0.15) is 0 Å². The van der Waals surface area contributed by atoms with Gasteiger partial charge in [0.1, 0.15) is 5.76 Å². The molecule has 1 saturated heterocycles. The zero-order valence-corrected chi connectivity index (χ0v) is 14.3. The topological polar surface area (TPSA) is 63.0 Å². The number of amides is 1. The second-order valence-corrected chi connectivity index (χ2v) is 6.73. The Morgan fingerprint density at radius 1 is 1.24 bits per heavy atom.